The number of hydrogen-bond acceptors (Lipinski definition) is 2. The lowest BCUT2D eigenvalue weighted by atomic mass is 10.1. The Hall–Kier alpha value is -1.51. The van der Waals surface area contributed by atoms with Gasteiger partial charge >= 0.3 is 0 Å². The van der Waals surface area contributed by atoms with Crippen LogP contribution in [-0.4, -0.2) is 6.54 Å². The fourth-order valence-corrected chi connectivity index (χ4v) is 2.73. The fraction of sp³-hybridized carbons (Fsp3) is 0.333. The molecule has 3 heteroatoms. The van der Waals surface area contributed by atoms with Crippen molar-refractivity contribution in [1.82, 2.24) is 5.32 Å². The van der Waals surface area contributed by atoms with Gasteiger partial charge in [-0.05, 0) is 54.8 Å². The normalized spacial score (nSPS) is 10.7. The van der Waals surface area contributed by atoms with E-state index >= 15 is 0 Å². The van der Waals surface area contributed by atoms with Crippen LogP contribution in [0.15, 0.2) is 36.4 Å². The first-order valence-electron chi connectivity index (χ1n) is 7.29. The van der Waals surface area contributed by atoms with Gasteiger partial charge < -0.3 is 10.1 Å². The van der Waals surface area contributed by atoms with E-state index in [1.165, 1.54) is 11.1 Å². The maximum atomic E-state index is 6.06. The first kappa shape index (κ1) is 15.9. The van der Waals surface area contributed by atoms with Crippen LogP contribution in [0.25, 0.3) is 0 Å². The predicted octanol–water partition coefficient (Wildman–Crippen LogP) is 4.65. The van der Waals surface area contributed by atoms with Crippen molar-refractivity contribution in [3.63, 3.8) is 0 Å². The molecule has 0 heterocycles. The zero-order valence-electron chi connectivity index (χ0n) is 12.9. The fourth-order valence-electron chi connectivity index (χ4n) is 2.41. The Bertz CT molecular complexity index is 587. The maximum absolute atomic E-state index is 6.06. The lowest BCUT2D eigenvalue weighted by Gasteiger charge is -2.15. The molecule has 0 radical (unpaired) electrons. The van der Waals surface area contributed by atoms with Gasteiger partial charge in [0.1, 0.15) is 12.4 Å². The number of halogens is 1. The molecule has 0 saturated heterocycles. The van der Waals surface area contributed by atoms with E-state index in [0.717, 1.165) is 35.0 Å². The Morgan fingerprint density at radius 3 is 2.29 bits per heavy atom. The molecule has 0 saturated carbocycles. The van der Waals surface area contributed by atoms with Crippen molar-refractivity contribution < 1.29 is 4.74 Å². The Morgan fingerprint density at radius 1 is 1.05 bits per heavy atom. The summed E-state index contributed by atoms with van der Waals surface area (Å²) >= 11 is 6.06. The summed E-state index contributed by atoms with van der Waals surface area (Å²) in [6.07, 6.45) is 0. The van der Waals surface area contributed by atoms with Gasteiger partial charge in [0.2, 0.25) is 0 Å². The van der Waals surface area contributed by atoms with Gasteiger partial charge in [-0.3, -0.25) is 0 Å². The molecule has 112 valence electrons. The van der Waals surface area contributed by atoms with Crippen LogP contribution < -0.4 is 10.1 Å². The van der Waals surface area contributed by atoms with Crippen LogP contribution in [0.1, 0.15) is 29.2 Å². The van der Waals surface area contributed by atoms with Gasteiger partial charge in [-0.2, -0.15) is 0 Å². The number of ether oxygens (including phenoxy) is 1. The maximum Gasteiger partial charge on any atom is 0.125 e. The summed E-state index contributed by atoms with van der Waals surface area (Å²) in [7, 11) is 0. The lowest BCUT2D eigenvalue weighted by Crippen LogP contribution is -2.14. The highest BCUT2D eigenvalue weighted by atomic mass is 35.5. The number of rotatable bonds is 6. The molecule has 0 spiro atoms. The third kappa shape index (κ3) is 4.23. The van der Waals surface area contributed by atoms with Gasteiger partial charge in [-0.1, -0.05) is 42.8 Å². The molecule has 1 N–H and O–H groups in total. The van der Waals surface area contributed by atoms with E-state index in [1.807, 2.05) is 26.0 Å². The van der Waals surface area contributed by atoms with Crippen molar-refractivity contribution >= 4 is 11.6 Å². The van der Waals surface area contributed by atoms with Crippen molar-refractivity contribution in [3.05, 3.63) is 63.7 Å². The van der Waals surface area contributed by atoms with Gasteiger partial charge in [0.05, 0.1) is 0 Å². The second kappa shape index (κ2) is 7.48. The Morgan fingerprint density at radius 2 is 1.67 bits per heavy atom. The number of benzene rings is 2. The van der Waals surface area contributed by atoms with Gasteiger partial charge in [-0.25, -0.2) is 0 Å². The second-order valence-electron chi connectivity index (χ2n) is 5.21. The van der Waals surface area contributed by atoms with Crippen LogP contribution >= 0.6 is 11.6 Å². The summed E-state index contributed by atoms with van der Waals surface area (Å²) in [5.74, 6) is 0.928. The topological polar surface area (TPSA) is 21.3 Å². The minimum absolute atomic E-state index is 0.574. The third-order valence-corrected chi connectivity index (χ3v) is 3.70. The lowest BCUT2D eigenvalue weighted by molar-refractivity contribution is 0.300. The number of aryl methyl sites for hydroxylation is 2. The highest BCUT2D eigenvalue weighted by Crippen LogP contribution is 2.28. The Balaban J connectivity index is 2.13. The average molecular weight is 304 g/mol. The molecule has 0 bridgehead atoms. The summed E-state index contributed by atoms with van der Waals surface area (Å²) in [4.78, 5) is 0. The van der Waals surface area contributed by atoms with Crippen molar-refractivity contribution in [2.75, 3.05) is 6.54 Å². The van der Waals surface area contributed by atoms with Crippen molar-refractivity contribution in [2.24, 2.45) is 0 Å². The Kier molecular flexibility index (Phi) is 5.66. The van der Waals surface area contributed by atoms with E-state index in [4.69, 9.17) is 16.3 Å². The average Bonchev–Trinajstić information content (AvgIpc) is 2.45. The van der Waals surface area contributed by atoms with Gasteiger partial charge in [0.25, 0.3) is 0 Å². The minimum atomic E-state index is 0.574. The van der Waals surface area contributed by atoms with E-state index < -0.39 is 0 Å². The molecular formula is C18H22ClNO. The number of hydrogen-bond donors (Lipinski definition) is 1. The van der Waals surface area contributed by atoms with Crippen LogP contribution in [-0.2, 0) is 13.2 Å². The van der Waals surface area contributed by atoms with E-state index in [2.05, 4.69) is 36.5 Å². The summed E-state index contributed by atoms with van der Waals surface area (Å²) in [6.45, 7) is 8.57. The molecular weight excluding hydrogens is 282 g/mol. The van der Waals surface area contributed by atoms with Crippen LogP contribution in [0, 0.1) is 13.8 Å². The molecule has 0 amide bonds. The quantitative estimate of drug-likeness (QED) is 0.839. The molecule has 2 rings (SSSR count). The largest absolute Gasteiger partial charge is 0.488 e. The van der Waals surface area contributed by atoms with Gasteiger partial charge in [0.15, 0.2) is 0 Å². The first-order valence-corrected chi connectivity index (χ1v) is 7.66. The molecule has 2 nitrogen and oxygen atoms in total. The molecule has 0 unspecified atom stereocenters. The predicted molar refractivity (Wildman–Crippen MR) is 89.1 cm³/mol. The van der Waals surface area contributed by atoms with Gasteiger partial charge in [-0.15, -0.1) is 0 Å². The molecule has 0 aliphatic carbocycles. The molecule has 0 atom stereocenters. The highest BCUT2D eigenvalue weighted by molar-refractivity contribution is 6.30. The van der Waals surface area contributed by atoms with Crippen LogP contribution in [0.5, 0.6) is 5.75 Å². The third-order valence-electron chi connectivity index (χ3n) is 3.48. The zero-order valence-corrected chi connectivity index (χ0v) is 13.6. The molecule has 0 aromatic heterocycles. The van der Waals surface area contributed by atoms with Crippen molar-refractivity contribution in [1.29, 1.82) is 0 Å². The number of nitrogens with one attached hydrogen (secondary N) is 1. The van der Waals surface area contributed by atoms with E-state index in [0.29, 0.717) is 6.61 Å². The van der Waals surface area contributed by atoms with Crippen molar-refractivity contribution in [3.8, 4) is 5.75 Å². The van der Waals surface area contributed by atoms with Crippen LogP contribution in [0.4, 0.5) is 0 Å². The van der Waals surface area contributed by atoms with E-state index in [1.54, 1.807) is 0 Å². The van der Waals surface area contributed by atoms with Crippen LogP contribution in [0.2, 0.25) is 5.02 Å². The summed E-state index contributed by atoms with van der Waals surface area (Å²) in [6, 6.07) is 12.3. The molecule has 2 aromatic carbocycles. The van der Waals surface area contributed by atoms with Crippen LogP contribution in [0.3, 0.4) is 0 Å². The van der Waals surface area contributed by atoms with E-state index in [-0.39, 0.29) is 0 Å². The zero-order chi connectivity index (χ0) is 15.2. The molecule has 0 fully saturated rings. The molecule has 21 heavy (non-hydrogen) atoms. The molecule has 0 aliphatic heterocycles. The second-order valence-corrected chi connectivity index (χ2v) is 5.64. The SMILES string of the molecule is CCNCc1ccccc1COc1c(C)cc(Cl)cc1C. The minimum Gasteiger partial charge on any atom is -0.488 e. The Labute approximate surface area is 132 Å². The first-order chi connectivity index (χ1) is 10.1. The summed E-state index contributed by atoms with van der Waals surface area (Å²) in [5, 5.41) is 4.11. The smallest absolute Gasteiger partial charge is 0.125 e. The standard InChI is InChI=1S/C18H22ClNO/c1-4-20-11-15-7-5-6-8-16(15)12-21-18-13(2)9-17(19)10-14(18)3/h5-10,20H,4,11-12H2,1-3H3. The van der Waals surface area contributed by atoms with Crippen molar-refractivity contribution in [2.45, 2.75) is 33.9 Å². The van der Waals surface area contributed by atoms with Gasteiger partial charge in [0, 0.05) is 11.6 Å². The summed E-state index contributed by atoms with van der Waals surface area (Å²) in [5.41, 5.74) is 4.64. The monoisotopic (exact) mass is 303 g/mol. The molecule has 0 aliphatic rings. The molecule has 2 aromatic rings. The summed E-state index contributed by atoms with van der Waals surface area (Å²) < 4.78 is 6.04. The highest BCUT2D eigenvalue weighted by Gasteiger charge is 2.08. The van der Waals surface area contributed by atoms with E-state index in [9.17, 15) is 0 Å².